The topological polar surface area (TPSA) is 69.7 Å². The smallest absolute Gasteiger partial charge is 0.226 e. The minimum atomic E-state index is 0.569. The minimum absolute atomic E-state index is 0.569. The molecule has 0 amide bonds. The molecule has 6 nitrogen and oxygen atoms in total. The highest BCUT2D eigenvalue weighted by molar-refractivity contribution is 5.84. The first-order valence-electron chi connectivity index (χ1n) is 7.15. The Morgan fingerprint density at radius 1 is 1.15 bits per heavy atom. The van der Waals surface area contributed by atoms with Gasteiger partial charge in [0.05, 0.1) is 6.33 Å². The average molecular weight is 276 g/mol. The van der Waals surface area contributed by atoms with Gasteiger partial charge in [-0.2, -0.15) is 9.97 Å². The summed E-state index contributed by atoms with van der Waals surface area (Å²) in [6, 6.07) is 0. The number of fused-ring (bicyclic) bond motifs is 1. The lowest BCUT2D eigenvalue weighted by molar-refractivity contribution is 0.550. The van der Waals surface area contributed by atoms with Gasteiger partial charge in [-0.15, -0.1) is 0 Å². The van der Waals surface area contributed by atoms with Crippen molar-refractivity contribution in [1.82, 2.24) is 19.9 Å². The first-order valence-corrected chi connectivity index (χ1v) is 7.15. The number of nitrogens with one attached hydrogen (secondary N) is 2. The standard InChI is InChI=1S/C14H24N6/c1-9(2)6-20(7-10(3)4)13-11-12(17-8-16-11)18-14(15-5)19-13/h8-10H,6-7H2,1-5H3,(H2,15,16,17,18,19). The van der Waals surface area contributed by atoms with Crippen molar-refractivity contribution in [1.29, 1.82) is 0 Å². The Labute approximate surface area is 120 Å². The average Bonchev–Trinajstić information content (AvgIpc) is 2.83. The Hall–Kier alpha value is -1.85. The fourth-order valence-corrected chi connectivity index (χ4v) is 2.29. The Bertz CT molecular complexity index is 550. The molecule has 6 heteroatoms. The van der Waals surface area contributed by atoms with Gasteiger partial charge in [0.25, 0.3) is 0 Å². The molecular weight excluding hydrogens is 252 g/mol. The van der Waals surface area contributed by atoms with Gasteiger partial charge < -0.3 is 15.2 Å². The zero-order chi connectivity index (χ0) is 14.7. The monoisotopic (exact) mass is 276 g/mol. The maximum absolute atomic E-state index is 4.63. The summed E-state index contributed by atoms with van der Waals surface area (Å²) in [4.78, 5) is 18.7. The summed E-state index contributed by atoms with van der Waals surface area (Å²) in [5, 5.41) is 3.01. The van der Waals surface area contributed by atoms with E-state index >= 15 is 0 Å². The number of imidazole rings is 1. The highest BCUT2D eigenvalue weighted by Gasteiger charge is 2.18. The fourth-order valence-electron chi connectivity index (χ4n) is 2.29. The summed E-state index contributed by atoms with van der Waals surface area (Å²) >= 11 is 0. The van der Waals surface area contributed by atoms with E-state index in [0.29, 0.717) is 23.4 Å². The minimum Gasteiger partial charge on any atom is -0.357 e. The van der Waals surface area contributed by atoms with Gasteiger partial charge in [0.15, 0.2) is 11.5 Å². The largest absolute Gasteiger partial charge is 0.357 e. The molecule has 0 unspecified atom stereocenters. The third-order valence-electron chi connectivity index (χ3n) is 2.96. The molecule has 0 bridgehead atoms. The lowest BCUT2D eigenvalue weighted by atomic mass is 10.1. The Morgan fingerprint density at radius 3 is 2.35 bits per heavy atom. The normalized spacial score (nSPS) is 11.6. The SMILES string of the molecule is CNc1nc(N(CC(C)C)CC(C)C)c2[nH]cnc2n1. The van der Waals surface area contributed by atoms with Crippen LogP contribution in [-0.4, -0.2) is 40.1 Å². The quantitative estimate of drug-likeness (QED) is 0.848. The van der Waals surface area contributed by atoms with Crippen molar-refractivity contribution in [2.45, 2.75) is 27.7 Å². The molecule has 2 rings (SSSR count). The van der Waals surface area contributed by atoms with Crippen LogP contribution in [0.1, 0.15) is 27.7 Å². The fraction of sp³-hybridized carbons (Fsp3) is 0.643. The van der Waals surface area contributed by atoms with E-state index in [9.17, 15) is 0 Å². The summed E-state index contributed by atoms with van der Waals surface area (Å²) in [6.45, 7) is 10.8. The van der Waals surface area contributed by atoms with E-state index in [1.165, 1.54) is 0 Å². The van der Waals surface area contributed by atoms with Crippen molar-refractivity contribution < 1.29 is 0 Å². The molecule has 0 aliphatic rings. The zero-order valence-electron chi connectivity index (χ0n) is 12.9. The second kappa shape index (κ2) is 6.07. The molecule has 2 N–H and O–H groups in total. The predicted octanol–water partition coefficient (Wildman–Crippen LogP) is 2.51. The predicted molar refractivity (Wildman–Crippen MR) is 83.1 cm³/mol. The van der Waals surface area contributed by atoms with Crippen LogP contribution in [-0.2, 0) is 0 Å². The molecule has 20 heavy (non-hydrogen) atoms. The number of hydrogen-bond donors (Lipinski definition) is 2. The molecule has 0 saturated heterocycles. The number of nitrogens with zero attached hydrogens (tertiary/aromatic N) is 4. The summed E-state index contributed by atoms with van der Waals surface area (Å²) in [6.07, 6.45) is 1.67. The summed E-state index contributed by atoms with van der Waals surface area (Å²) in [5.41, 5.74) is 1.61. The zero-order valence-corrected chi connectivity index (χ0v) is 12.9. The first-order chi connectivity index (χ1) is 9.51. The van der Waals surface area contributed by atoms with Gasteiger partial charge in [0.2, 0.25) is 5.95 Å². The van der Waals surface area contributed by atoms with E-state index in [4.69, 9.17) is 0 Å². The molecule has 0 atom stereocenters. The molecule has 2 heterocycles. The molecule has 0 saturated carbocycles. The van der Waals surface area contributed by atoms with Gasteiger partial charge in [-0.1, -0.05) is 27.7 Å². The van der Waals surface area contributed by atoms with E-state index in [-0.39, 0.29) is 0 Å². The van der Waals surface area contributed by atoms with E-state index in [0.717, 1.165) is 24.4 Å². The molecule has 0 spiro atoms. The highest BCUT2D eigenvalue weighted by Crippen LogP contribution is 2.24. The second-order valence-corrected chi connectivity index (χ2v) is 5.91. The van der Waals surface area contributed by atoms with Gasteiger partial charge in [-0.25, -0.2) is 4.98 Å². The van der Waals surface area contributed by atoms with Gasteiger partial charge >= 0.3 is 0 Å². The van der Waals surface area contributed by atoms with Crippen LogP contribution in [0.2, 0.25) is 0 Å². The van der Waals surface area contributed by atoms with E-state index in [1.54, 1.807) is 6.33 Å². The van der Waals surface area contributed by atoms with Gasteiger partial charge in [0.1, 0.15) is 5.52 Å². The van der Waals surface area contributed by atoms with Crippen LogP contribution >= 0.6 is 0 Å². The molecule has 2 aromatic rings. The summed E-state index contributed by atoms with van der Waals surface area (Å²) in [5.74, 6) is 2.68. The third-order valence-corrected chi connectivity index (χ3v) is 2.96. The molecule has 2 aromatic heterocycles. The van der Waals surface area contributed by atoms with E-state index in [1.807, 2.05) is 7.05 Å². The maximum atomic E-state index is 4.63. The van der Waals surface area contributed by atoms with Crippen molar-refractivity contribution in [2.24, 2.45) is 11.8 Å². The number of anilines is 2. The van der Waals surface area contributed by atoms with Gasteiger partial charge in [-0.3, -0.25) is 0 Å². The Kier molecular flexibility index (Phi) is 4.42. The maximum Gasteiger partial charge on any atom is 0.226 e. The lowest BCUT2D eigenvalue weighted by Crippen LogP contribution is -2.32. The highest BCUT2D eigenvalue weighted by atomic mass is 15.2. The molecular formula is C14H24N6. The molecule has 0 aromatic carbocycles. The number of hydrogen-bond acceptors (Lipinski definition) is 5. The van der Waals surface area contributed by atoms with Crippen molar-refractivity contribution in [3.05, 3.63) is 6.33 Å². The third kappa shape index (κ3) is 3.18. The number of rotatable bonds is 6. The van der Waals surface area contributed by atoms with Crippen LogP contribution in [0, 0.1) is 11.8 Å². The van der Waals surface area contributed by atoms with Crippen LogP contribution in [0.4, 0.5) is 11.8 Å². The van der Waals surface area contributed by atoms with Gasteiger partial charge in [-0.05, 0) is 11.8 Å². The van der Waals surface area contributed by atoms with Crippen LogP contribution in [0.5, 0.6) is 0 Å². The summed E-state index contributed by atoms with van der Waals surface area (Å²) < 4.78 is 0. The first kappa shape index (κ1) is 14.6. The number of H-pyrrole nitrogens is 1. The molecule has 0 radical (unpaired) electrons. The van der Waals surface area contributed by atoms with E-state index in [2.05, 4.69) is 57.8 Å². The summed E-state index contributed by atoms with van der Waals surface area (Å²) in [7, 11) is 1.83. The van der Waals surface area contributed by atoms with Crippen LogP contribution in [0.15, 0.2) is 6.33 Å². The molecule has 0 fully saturated rings. The Morgan fingerprint density at radius 2 is 1.80 bits per heavy atom. The Balaban J connectivity index is 2.47. The lowest BCUT2D eigenvalue weighted by Gasteiger charge is -2.27. The molecule has 0 aliphatic heterocycles. The van der Waals surface area contributed by atoms with Crippen molar-refractivity contribution in [2.75, 3.05) is 30.4 Å². The van der Waals surface area contributed by atoms with Crippen molar-refractivity contribution in [3.8, 4) is 0 Å². The van der Waals surface area contributed by atoms with Crippen LogP contribution < -0.4 is 10.2 Å². The van der Waals surface area contributed by atoms with Crippen molar-refractivity contribution in [3.63, 3.8) is 0 Å². The van der Waals surface area contributed by atoms with Crippen LogP contribution in [0.3, 0.4) is 0 Å². The molecule has 0 aliphatic carbocycles. The number of aromatic nitrogens is 4. The number of aromatic amines is 1. The molecule has 110 valence electrons. The van der Waals surface area contributed by atoms with Crippen molar-refractivity contribution >= 4 is 22.9 Å². The van der Waals surface area contributed by atoms with Crippen LogP contribution in [0.25, 0.3) is 11.2 Å². The van der Waals surface area contributed by atoms with E-state index < -0.39 is 0 Å². The second-order valence-electron chi connectivity index (χ2n) is 5.91. The van der Waals surface area contributed by atoms with Gasteiger partial charge in [0, 0.05) is 20.1 Å².